The number of esters is 1. The Morgan fingerprint density at radius 1 is 1.04 bits per heavy atom. The van der Waals surface area contributed by atoms with Crippen molar-refractivity contribution >= 4 is 17.6 Å². The second-order valence-electron chi connectivity index (χ2n) is 5.92. The van der Waals surface area contributed by atoms with E-state index in [4.69, 9.17) is 9.15 Å². The van der Waals surface area contributed by atoms with Crippen molar-refractivity contribution in [2.45, 2.75) is 20.0 Å². The van der Waals surface area contributed by atoms with Crippen LogP contribution in [0.2, 0.25) is 0 Å². The minimum Gasteiger partial charge on any atom is -0.459 e. The van der Waals surface area contributed by atoms with Crippen LogP contribution >= 0.6 is 0 Å². The Labute approximate surface area is 151 Å². The molecule has 0 aliphatic carbocycles. The SMILES string of the molecule is Cc1ccc(C(=O)O[C@H](C)c2ccccc2)cc1NC(=O)c1ccco1. The highest BCUT2D eigenvalue weighted by atomic mass is 16.5. The summed E-state index contributed by atoms with van der Waals surface area (Å²) in [6.45, 7) is 3.67. The van der Waals surface area contributed by atoms with E-state index in [0.717, 1.165) is 11.1 Å². The molecule has 0 bridgehead atoms. The zero-order valence-corrected chi connectivity index (χ0v) is 14.6. The molecule has 0 aliphatic rings. The summed E-state index contributed by atoms with van der Waals surface area (Å²) in [6, 6.07) is 17.8. The number of rotatable bonds is 5. The van der Waals surface area contributed by atoms with Gasteiger partial charge in [-0.15, -0.1) is 0 Å². The molecule has 26 heavy (non-hydrogen) atoms. The highest BCUT2D eigenvalue weighted by Gasteiger charge is 2.16. The van der Waals surface area contributed by atoms with E-state index in [-0.39, 0.29) is 17.8 Å². The molecular weight excluding hydrogens is 330 g/mol. The first-order valence-electron chi connectivity index (χ1n) is 8.26. The lowest BCUT2D eigenvalue weighted by Crippen LogP contribution is -2.14. The van der Waals surface area contributed by atoms with Crippen LogP contribution in [0.4, 0.5) is 5.69 Å². The number of furan rings is 1. The first-order chi connectivity index (χ1) is 12.5. The second-order valence-corrected chi connectivity index (χ2v) is 5.92. The molecule has 1 amide bonds. The monoisotopic (exact) mass is 349 g/mol. The molecule has 0 radical (unpaired) electrons. The molecule has 1 N–H and O–H groups in total. The molecule has 0 aliphatic heterocycles. The molecule has 0 fully saturated rings. The standard InChI is InChI=1S/C21H19NO4/c1-14-10-11-17(13-18(14)22-20(23)19-9-6-12-25-19)21(24)26-15(2)16-7-4-3-5-8-16/h3-13,15H,1-2H3,(H,22,23)/t15-/m1/s1. The molecular formula is C21H19NO4. The summed E-state index contributed by atoms with van der Waals surface area (Å²) in [6.07, 6.45) is 1.06. The lowest BCUT2D eigenvalue weighted by atomic mass is 10.1. The van der Waals surface area contributed by atoms with Gasteiger partial charge in [0.05, 0.1) is 11.8 Å². The van der Waals surface area contributed by atoms with Crippen molar-refractivity contribution in [2.75, 3.05) is 5.32 Å². The van der Waals surface area contributed by atoms with E-state index < -0.39 is 5.97 Å². The van der Waals surface area contributed by atoms with E-state index in [9.17, 15) is 9.59 Å². The van der Waals surface area contributed by atoms with Crippen LogP contribution < -0.4 is 5.32 Å². The highest BCUT2D eigenvalue weighted by molar-refractivity contribution is 6.03. The maximum absolute atomic E-state index is 12.5. The fourth-order valence-corrected chi connectivity index (χ4v) is 2.50. The number of ether oxygens (including phenoxy) is 1. The van der Waals surface area contributed by atoms with E-state index in [0.29, 0.717) is 11.3 Å². The van der Waals surface area contributed by atoms with Gasteiger partial charge in [-0.2, -0.15) is 0 Å². The van der Waals surface area contributed by atoms with Crippen molar-refractivity contribution in [3.8, 4) is 0 Å². The number of anilines is 1. The van der Waals surface area contributed by atoms with Crippen molar-refractivity contribution in [3.05, 3.63) is 89.4 Å². The first-order valence-corrected chi connectivity index (χ1v) is 8.26. The summed E-state index contributed by atoms with van der Waals surface area (Å²) in [5.41, 5.74) is 2.65. The third kappa shape index (κ3) is 4.00. The number of hydrogen-bond donors (Lipinski definition) is 1. The Morgan fingerprint density at radius 2 is 1.81 bits per heavy atom. The number of amides is 1. The van der Waals surface area contributed by atoms with Gasteiger partial charge in [-0.1, -0.05) is 36.4 Å². The first kappa shape index (κ1) is 17.5. The zero-order chi connectivity index (χ0) is 18.5. The van der Waals surface area contributed by atoms with Crippen molar-refractivity contribution < 1.29 is 18.7 Å². The number of carbonyl (C=O) groups is 2. The molecule has 0 spiro atoms. The van der Waals surface area contributed by atoms with Crippen LogP contribution in [0.25, 0.3) is 0 Å². The van der Waals surface area contributed by atoms with Gasteiger partial charge in [-0.25, -0.2) is 4.79 Å². The average Bonchev–Trinajstić information content (AvgIpc) is 3.19. The quantitative estimate of drug-likeness (QED) is 0.674. The molecule has 2 aromatic carbocycles. The minimum atomic E-state index is -0.449. The predicted molar refractivity (Wildman–Crippen MR) is 98.1 cm³/mol. The van der Waals surface area contributed by atoms with Crippen molar-refractivity contribution in [1.82, 2.24) is 0 Å². The molecule has 132 valence electrons. The zero-order valence-electron chi connectivity index (χ0n) is 14.6. The van der Waals surface area contributed by atoms with Gasteiger partial charge in [-0.3, -0.25) is 4.79 Å². The van der Waals surface area contributed by atoms with Crippen molar-refractivity contribution in [3.63, 3.8) is 0 Å². The van der Waals surface area contributed by atoms with E-state index in [1.165, 1.54) is 6.26 Å². The Morgan fingerprint density at radius 3 is 2.50 bits per heavy atom. The molecule has 1 heterocycles. The number of nitrogens with one attached hydrogen (secondary N) is 1. The molecule has 1 aromatic heterocycles. The third-order valence-electron chi connectivity index (χ3n) is 4.02. The van der Waals surface area contributed by atoms with Gasteiger partial charge in [0.15, 0.2) is 5.76 Å². The number of aryl methyl sites for hydroxylation is 1. The Balaban J connectivity index is 1.74. The van der Waals surface area contributed by atoms with Crippen LogP contribution in [-0.2, 0) is 4.74 Å². The van der Waals surface area contributed by atoms with Crippen LogP contribution in [0, 0.1) is 6.92 Å². The van der Waals surface area contributed by atoms with Gasteiger partial charge in [0.1, 0.15) is 6.10 Å². The molecule has 0 saturated heterocycles. The predicted octanol–water partition coefficient (Wildman–Crippen LogP) is 4.76. The van der Waals surface area contributed by atoms with Gasteiger partial charge in [0.2, 0.25) is 0 Å². The lowest BCUT2D eigenvalue weighted by Gasteiger charge is -2.15. The maximum atomic E-state index is 12.5. The minimum absolute atomic E-state index is 0.204. The molecule has 0 unspecified atom stereocenters. The fourth-order valence-electron chi connectivity index (χ4n) is 2.50. The van der Waals surface area contributed by atoms with E-state index in [2.05, 4.69) is 5.32 Å². The van der Waals surface area contributed by atoms with Crippen molar-refractivity contribution in [2.24, 2.45) is 0 Å². The van der Waals surface area contributed by atoms with Gasteiger partial charge in [0.25, 0.3) is 5.91 Å². The normalized spacial score (nSPS) is 11.6. The average molecular weight is 349 g/mol. The van der Waals surface area contributed by atoms with E-state index in [1.54, 1.807) is 30.3 Å². The maximum Gasteiger partial charge on any atom is 0.338 e. The molecule has 5 nitrogen and oxygen atoms in total. The molecule has 3 aromatic rings. The Kier molecular flexibility index (Phi) is 5.17. The second kappa shape index (κ2) is 7.70. The number of carbonyl (C=O) groups excluding carboxylic acids is 2. The van der Waals surface area contributed by atoms with Gasteiger partial charge in [-0.05, 0) is 49.2 Å². The van der Waals surface area contributed by atoms with Crippen LogP contribution in [-0.4, -0.2) is 11.9 Å². The van der Waals surface area contributed by atoms with Crippen LogP contribution in [0.3, 0.4) is 0 Å². The van der Waals surface area contributed by atoms with Gasteiger partial charge < -0.3 is 14.5 Å². The Hall–Kier alpha value is -3.34. The highest BCUT2D eigenvalue weighted by Crippen LogP contribution is 2.22. The van der Waals surface area contributed by atoms with Crippen LogP contribution in [0.15, 0.2) is 71.3 Å². The van der Waals surface area contributed by atoms with Gasteiger partial charge in [0, 0.05) is 5.69 Å². The van der Waals surface area contributed by atoms with Crippen molar-refractivity contribution in [1.29, 1.82) is 0 Å². The third-order valence-corrected chi connectivity index (χ3v) is 4.02. The van der Waals surface area contributed by atoms with Crippen LogP contribution in [0.5, 0.6) is 0 Å². The largest absolute Gasteiger partial charge is 0.459 e. The fraction of sp³-hybridized carbons (Fsp3) is 0.143. The summed E-state index contributed by atoms with van der Waals surface area (Å²) < 4.78 is 10.6. The smallest absolute Gasteiger partial charge is 0.338 e. The van der Waals surface area contributed by atoms with E-state index in [1.807, 2.05) is 44.2 Å². The Bertz CT molecular complexity index is 901. The summed E-state index contributed by atoms with van der Waals surface area (Å²) in [5.74, 6) is -0.619. The van der Waals surface area contributed by atoms with Gasteiger partial charge >= 0.3 is 5.97 Å². The molecule has 5 heteroatoms. The lowest BCUT2D eigenvalue weighted by molar-refractivity contribution is 0.0338. The number of benzene rings is 2. The summed E-state index contributed by atoms with van der Waals surface area (Å²) in [7, 11) is 0. The topological polar surface area (TPSA) is 68.5 Å². The van der Waals surface area contributed by atoms with Crippen LogP contribution in [0.1, 0.15) is 45.1 Å². The van der Waals surface area contributed by atoms with E-state index >= 15 is 0 Å². The number of hydrogen-bond acceptors (Lipinski definition) is 4. The molecule has 0 saturated carbocycles. The summed E-state index contributed by atoms with van der Waals surface area (Å²) >= 11 is 0. The molecule has 3 rings (SSSR count). The summed E-state index contributed by atoms with van der Waals surface area (Å²) in [4.78, 5) is 24.6. The summed E-state index contributed by atoms with van der Waals surface area (Å²) in [5, 5.41) is 2.75. The molecule has 1 atom stereocenters.